The van der Waals surface area contributed by atoms with Crippen molar-refractivity contribution in [3.63, 3.8) is 0 Å². The van der Waals surface area contributed by atoms with Crippen LogP contribution >= 0.6 is 11.3 Å². The van der Waals surface area contributed by atoms with Crippen molar-refractivity contribution in [3.8, 4) is 0 Å². The van der Waals surface area contributed by atoms with Crippen LogP contribution in [0.2, 0.25) is 0 Å². The summed E-state index contributed by atoms with van der Waals surface area (Å²) in [6, 6.07) is 9.21. The van der Waals surface area contributed by atoms with Crippen molar-refractivity contribution in [1.29, 1.82) is 0 Å². The first-order valence-electron chi connectivity index (χ1n) is 6.73. The number of hydrogen-bond acceptors (Lipinski definition) is 4. The molecule has 3 rings (SSSR count). The van der Waals surface area contributed by atoms with E-state index in [2.05, 4.69) is 10.3 Å². The van der Waals surface area contributed by atoms with Crippen LogP contribution in [0.15, 0.2) is 41.9 Å². The van der Waals surface area contributed by atoms with Crippen LogP contribution in [0.4, 0.5) is 0 Å². The van der Waals surface area contributed by atoms with Gasteiger partial charge in [0.15, 0.2) is 0 Å². The Kier molecular flexibility index (Phi) is 3.96. The number of thiazole rings is 1. The van der Waals surface area contributed by atoms with Gasteiger partial charge in [-0.1, -0.05) is 30.3 Å². The molecule has 1 unspecified atom stereocenters. The molecule has 1 aromatic heterocycles. The molecule has 5 nitrogen and oxygen atoms in total. The van der Waals surface area contributed by atoms with E-state index in [4.69, 9.17) is 0 Å². The van der Waals surface area contributed by atoms with Gasteiger partial charge in [-0.25, -0.2) is 4.98 Å². The van der Waals surface area contributed by atoms with Gasteiger partial charge in [0.25, 0.3) is 0 Å². The molecular formula is C15H15N3O2S. The number of nitrogens with zero attached hydrogens (tertiary/aromatic N) is 2. The summed E-state index contributed by atoms with van der Waals surface area (Å²) in [5.74, 6) is -0.166. The molecule has 1 N–H and O–H groups in total. The van der Waals surface area contributed by atoms with Crippen molar-refractivity contribution in [2.75, 3.05) is 6.54 Å². The van der Waals surface area contributed by atoms with Crippen LogP contribution in [0.1, 0.15) is 10.6 Å². The second-order valence-corrected chi connectivity index (χ2v) is 5.91. The van der Waals surface area contributed by atoms with Gasteiger partial charge in [0.2, 0.25) is 11.8 Å². The van der Waals surface area contributed by atoms with E-state index < -0.39 is 6.04 Å². The van der Waals surface area contributed by atoms with Gasteiger partial charge < -0.3 is 10.2 Å². The number of benzene rings is 1. The monoisotopic (exact) mass is 301 g/mol. The molecule has 0 radical (unpaired) electrons. The molecule has 0 spiro atoms. The Morgan fingerprint density at radius 1 is 1.29 bits per heavy atom. The van der Waals surface area contributed by atoms with E-state index in [0.29, 0.717) is 13.0 Å². The van der Waals surface area contributed by atoms with Crippen LogP contribution in [0.25, 0.3) is 0 Å². The minimum absolute atomic E-state index is 0.0475. The van der Waals surface area contributed by atoms with Gasteiger partial charge >= 0.3 is 0 Å². The molecule has 108 valence electrons. The average Bonchev–Trinajstić information content (AvgIpc) is 2.98. The standard InChI is InChI=1S/C15H15N3O2S/c19-13-9-18(10-14-16-6-7-21-14)15(20)12(17-13)8-11-4-2-1-3-5-11/h1-7,12H,8-10H2,(H,17,19). The molecule has 21 heavy (non-hydrogen) atoms. The van der Waals surface area contributed by atoms with Crippen LogP contribution in [-0.4, -0.2) is 34.3 Å². The summed E-state index contributed by atoms with van der Waals surface area (Å²) in [4.78, 5) is 30.1. The Morgan fingerprint density at radius 3 is 2.81 bits per heavy atom. The van der Waals surface area contributed by atoms with Gasteiger partial charge in [-0.15, -0.1) is 11.3 Å². The number of piperazine rings is 1. The van der Waals surface area contributed by atoms with Crippen LogP contribution in [0.3, 0.4) is 0 Å². The molecule has 1 aliphatic rings. The number of rotatable bonds is 4. The maximum atomic E-state index is 12.5. The lowest BCUT2D eigenvalue weighted by atomic mass is 10.0. The van der Waals surface area contributed by atoms with Crippen LogP contribution in [-0.2, 0) is 22.6 Å². The molecule has 2 amide bonds. The third kappa shape index (κ3) is 3.28. The van der Waals surface area contributed by atoms with E-state index in [1.807, 2.05) is 35.7 Å². The van der Waals surface area contributed by atoms with Gasteiger partial charge in [0.05, 0.1) is 6.54 Å². The lowest BCUT2D eigenvalue weighted by Gasteiger charge is -2.32. The largest absolute Gasteiger partial charge is 0.342 e. The van der Waals surface area contributed by atoms with Crippen LogP contribution in [0.5, 0.6) is 0 Å². The summed E-state index contributed by atoms with van der Waals surface area (Å²) in [6.07, 6.45) is 2.22. The normalized spacial score (nSPS) is 18.7. The van der Waals surface area contributed by atoms with Crippen molar-refractivity contribution < 1.29 is 9.59 Å². The predicted molar refractivity (Wildman–Crippen MR) is 79.6 cm³/mol. The molecule has 0 bridgehead atoms. The van der Waals surface area contributed by atoms with Gasteiger partial charge in [0.1, 0.15) is 17.6 Å². The van der Waals surface area contributed by atoms with E-state index in [1.54, 1.807) is 11.1 Å². The van der Waals surface area contributed by atoms with Gasteiger partial charge in [-0.2, -0.15) is 0 Å². The maximum absolute atomic E-state index is 12.5. The van der Waals surface area contributed by atoms with Crippen LogP contribution in [0, 0.1) is 0 Å². The molecule has 6 heteroatoms. The molecule has 1 fully saturated rings. The number of nitrogens with one attached hydrogen (secondary N) is 1. The second kappa shape index (κ2) is 6.05. The van der Waals surface area contributed by atoms with Crippen molar-refractivity contribution in [2.24, 2.45) is 0 Å². The fourth-order valence-electron chi connectivity index (χ4n) is 2.39. The summed E-state index contributed by atoms with van der Waals surface area (Å²) in [5.41, 5.74) is 1.03. The summed E-state index contributed by atoms with van der Waals surface area (Å²) in [7, 11) is 0. The van der Waals surface area contributed by atoms with Gasteiger partial charge in [-0.05, 0) is 5.56 Å². The zero-order valence-electron chi connectivity index (χ0n) is 11.4. The van der Waals surface area contributed by atoms with Crippen molar-refractivity contribution in [1.82, 2.24) is 15.2 Å². The zero-order valence-corrected chi connectivity index (χ0v) is 12.2. The average molecular weight is 301 g/mol. The number of carbonyl (C=O) groups excluding carboxylic acids is 2. The first-order valence-corrected chi connectivity index (χ1v) is 7.61. The number of aromatic nitrogens is 1. The summed E-state index contributed by atoms with van der Waals surface area (Å²) < 4.78 is 0. The van der Waals surface area contributed by atoms with Gasteiger partial charge in [0, 0.05) is 18.0 Å². The highest BCUT2D eigenvalue weighted by molar-refractivity contribution is 7.09. The quantitative estimate of drug-likeness (QED) is 0.923. The maximum Gasteiger partial charge on any atom is 0.246 e. The first-order chi connectivity index (χ1) is 10.2. The third-order valence-corrected chi connectivity index (χ3v) is 4.14. The SMILES string of the molecule is O=C1CN(Cc2nccs2)C(=O)C(Cc2ccccc2)N1. The molecule has 1 aromatic carbocycles. The first kappa shape index (κ1) is 13.8. The Morgan fingerprint density at radius 2 is 2.10 bits per heavy atom. The Hall–Kier alpha value is -2.21. The number of carbonyl (C=O) groups is 2. The highest BCUT2D eigenvalue weighted by Gasteiger charge is 2.32. The Labute approximate surface area is 126 Å². The smallest absolute Gasteiger partial charge is 0.246 e. The fraction of sp³-hybridized carbons (Fsp3) is 0.267. The van der Waals surface area contributed by atoms with E-state index in [9.17, 15) is 9.59 Å². The Balaban J connectivity index is 1.72. The molecule has 1 saturated heterocycles. The van der Waals surface area contributed by atoms with E-state index in [1.165, 1.54) is 11.3 Å². The highest BCUT2D eigenvalue weighted by Crippen LogP contribution is 2.14. The molecule has 0 saturated carbocycles. The topological polar surface area (TPSA) is 62.3 Å². The van der Waals surface area contributed by atoms with Crippen molar-refractivity contribution in [2.45, 2.75) is 19.0 Å². The van der Waals surface area contributed by atoms with Gasteiger partial charge in [-0.3, -0.25) is 9.59 Å². The van der Waals surface area contributed by atoms with E-state index in [0.717, 1.165) is 10.6 Å². The molecule has 1 aliphatic heterocycles. The summed E-state index contributed by atoms with van der Waals surface area (Å²) in [5, 5.41) is 5.49. The van der Waals surface area contributed by atoms with Crippen LogP contribution < -0.4 is 5.32 Å². The molecule has 2 aromatic rings. The van der Waals surface area contributed by atoms with E-state index in [-0.39, 0.29) is 18.4 Å². The Bertz CT molecular complexity index is 628. The number of amides is 2. The second-order valence-electron chi connectivity index (χ2n) is 4.93. The highest BCUT2D eigenvalue weighted by atomic mass is 32.1. The molecule has 0 aliphatic carbocycles. The molecule has 2 heterocycles. The molecular weight excluding hydrogens is 286 g/mol. The summed E-state index contributed by atoms with van der Waals surface area (Å²) in [6.45, 7) is 0.499. The fourth-order valence-corrected chi connectivity index (χ4v) is 3.02. The summed E-state index contributed by atoms with van der Waals surface area (Å²) >= 11 is 1.49. The minimum atomic E-state index is -0.492. The molecule has 1 atom stereocenters. The zero-order chi connectivity index (χ0) is 14.7. The third-order valence-electron chi connectivity index (χ3n) is 3.37. The predicted octanol–water partition coefficient (Wildman–Crippen LogP) is 1.21. The lowest BCUT2D eigenvalue weighted by molar-refractivity contribution is -0.144. The lowest BCUT2D eigenvalue weighted by Crippen LogP contribution is -2.58. The number of hydrogen-bond donors (Lipinski definition) is 1. The van der Waals surface area contributed by atoms with E-state index >= 15 is 0 Å². The van der Waals surface area contributed by atoms with Crippen molar-refractivity contribution in [3.05, 3.63) is 52.5 Å². The van der Waals surface area contributed by atoms with Crippen molar-refractivity contribution >= 4 is 23.2 Å². The minimum Gasteiger partial charge on any atom is -0.342 e.